The van der Waals surface area contributed by atoms with E-state index >= 15 is 0 Å². The van der Waals surface area contributed by atoms with Gasteiger partial charge in [-0.15, -0.1) is 0 Å². The number of benzene rings is 3. The third kappa shape index (κ3) is 6.00. The molecule has 3 aromatic rings. The van der Waals surface area contributed by atoms with Gasteiger partial charge in [0.05, 0.1) is 24.9 Å². The van der Waals surface area contributed by atoms with Crippen molar-refractivity contribution in [3.05, 3.63) is 101 Å². The van der Waals surface area contributed by atoms with Crippen LogP contribution in [0.3, 0.4) is 0 Å². The zero-order chi connectivity index (χ0) is 24.9. The van der Waals surface area contributed by atoms with Gasteiger partial charge in [-0.2, -0.15) is 0 Å². The third-order valence-electron chi connectivity index (χ3n) is 6.78. The number of β-amino-alcohol motifs (C(OH)–C–C–N with tert-alkyl or cyclic N) is 1. The number of aliphatic hydroxyl groups is 2. The van der Waals surface area contributed by atoms with E-state index in [-0.39, 0.29) is 30.8 Å². The van der Waals surface area contributed by atoms with Crippen LogP contribution in [0.1, 0.15) is 52.3 Å². The second kappa shape index (κ2) is 11.3. The number of hydrogen-bond acceptors (Lipinski definition) is 6. The summed E-state index contributed by atoms with van der Waals surface area (Å²) in [6.07, 6.45) is 0.309. The highest BCUT2D eigenvalue weighted by Crippen LogP contribution is 2.39. The van der Waals surface area contributed by atoms with Crippen molar-refractivity contribution in [3.8, 4) is 0 Å². The molecule has 2 aliphatic heterocycles. The molecule has 4 atom stereocenters. The van der Waals surface area contributed by atoms with Gasteiger partial charge in [-0.3, -0.25) is 9.69 Å². The van der Waals surface area contributed by atoms with Gasteiger partial charge in [0.1, 0.15) is 0 Å². The fourth-order valence-corrected chi connectivity index (χ4v) is 4.85. The molecule has 2 heterocycles. The molecule has 5 rings (SSSR count). The lowest BCUT2D eigenvalue weighted by Crippen LogP contribution is -2.38. The minimum absolute atomic E-state index is 0.00105. The van der Waals surface area contributed by atoms with E-state index in [0.717, 1.165) is 29.7 Å². The van der Waals surface area contributed by atoms with Crippen molar-refractivity contribution in [3.63, 3.8) is 0 Å². The summed E-state index contributed by atoms with van der Waals surface area (Å²) in [6, 6.07) is 24.5. The summed E-state index contributed by atoms with van der Waals surface area (Å²) < 4.78 is 12.8. The number of hydrogen-bond donors (Lipinski definition) is 3. The van der Waals surface area contributed by atoms with E-state index < -0.39 is 6.29 Å². The Labute approximate surface area is 211 Å². The SMILES string of the molecule is O=C(Nc1cccc([C@@H]2O[C@H](CN3CC[C@H](O)C3)C[C@H](c3ccc(CO)cc3)O2)c1)c1ccccc1. The molecule has 2 saturated heterocycles. The van der Waals surface area contributed by atoms with Crippen molar-refractivity contribution in [2.24, 2.45) is 0 Å². The van der Waals surface area contributed by atoms with Crippen LogP contribution in [0.4, 0.5) is 5.69 Å². The van der Waals surface area contributed by atoms with E-state index in [1.165, 1.54) is 0 Å². The van der Waals surface area contributed by atoms with E-state index in [4.69, 9.17) is 9.47 Å². The average molecular weight is 489 g/mol. The van der Waals surface area contributed by atoms with Gasteiger partial charge in [0, 0.05) is 42.9 Å². The fraction of sp³-hybridized carbons (Fsp3) is 0.345. The fourth-order valence-electron chi connectivity index (χ4n) is 4.85. The Morgan fingerprint density at radius 2 is 1.78 bits per heavy atom. The lowest BCUT2D eigenvalue weighted by molar-refractivity contribution is -0.252. The number of ether oxygens (including phenoxy) is 2. The average Bonchev–Trinajstić information content (AvgIpc) is 3.33. The molecule has 1 amide bonds. The number of likely N-dealkylation sites (tertiary alicyclic amines) is 1. The summed E-state index contributed by atoms with van der Waals surface area (Å²) in [5.41, 5.74) is 3.96. The van der Waals surface area contributed by atoms with Gasteiger partial charge < -0.3 is 25.0 Å². The molecule has 0 aromatic heterocycles. The molecule has 7 heteroatoms. The molecular formula is C29H32N2O5. The number of rotatable bonds is 7. The Morgan fingerprint density at radius 1 is 0.972 bits per heavy atom. The normalized spacial score (nSPS) is 24.5. The Balaban J connectivity index is 1.35. The van der Waals surface area contributed by atoms with Gasteiger partial charge >= 0.3 is 0 Å². The number of carbonyl (C=O) groups excluding carboxylic acids is 1. The Bertz CT molecular complexity index is 1150. The van der Waals surface area contributed by atoms with Gasteiger partial charge in [-0.25, -0.2) is 0 Å². The molecule has 2 fully saturated rings. The first-order chi connectivity index (χ1) is 17.6. The summed E-state index contributed by atoms with van der Waals surface area (Å²) >= 11 is 0. The number of nitrogens with one attached hydrogen (secondary N) is 1. The van der Waals surface area contributed by atoms with Gasteiger partial charge in [-0.05, 0) is 41.8 Å². The van der Waals surface area contributed by atoms with Crippen LogP contribution in [-0.2, 0) is 16.1 Å². The van der Waals surface area contributed by atoms with Crippen LogP contribution in [0.15, 0.2) is 78.9 Å². The topological polar surface area (TPSA) is 91.3 Å². The van der Waals surface area contributed by atoms with Crippen molar-refractivity contribution in [1.82, 2.24) is 4.90 Å². The predicted molar refractivity (Wildman–Crippen MR) is 136 cm³/mol. The molecule has 2 aliphatic rings. The summed E-state index contributed by atoms with van der Waals surface area (Å²) in [7, 11) is 0. The Kier molecular flexibility index (Phi) is 7.75. The molecule has 7 nitrogen and oxygen atoms in total. The lowest BCUT2D eigenvalue weighted by Gasteiger charge is -2.38. The maximum atomic E-state index is 12.6. The monoisotopic (exact) mass is 488 g/mol. The molecule has 0 spiro atoms. The van der Waals surface area contributed by atoms with Crippen molar-refractivity contribution in [2.45, 2.75) is 44.1 Å². The van der Waals surface area contributed by atoms with Gasteiger partial charge in [0.2, 0.25) is 0 Å². The largest absolute Gasteiger partial charge is 0.392 e. The third-order valence-corrected chi connectivity index (χ3v) is 6.78. The smallest absolute Gasteiger partial charge is 0.255 e. The quantitative estimate of drug-likeness (QED) is 0.465. The van der Waals surface area contributed by atoms with Gasteiger partial charge in [0.25, 0.3) is 5.91 Å². The molecule has 3 aromatic carbocycles. The number of aliphatic hydroxyl groups excluding tert-OH is 2. The zero-order valence-corrected chi connectivity index (χ0v) is 20.1. The highest BCUT2D eigenvalue weighted by atomic mass is 16.7. The van der Waals surface area contributed by atoms with E-state index in [0.29, 0.717) is 30.8 Å². The first-order valence-corrected chi connectivity index (χ1v) is 12.4. The number of carbonyl (C=O) groups is 1. The molecule has 188 valence electrons. The molecule has 3 N–H and O–H groups in total. The van der Waals surface area contributed by atoms with E-state index in [9.17, 15) is 15.0 Å². The van der Waals surface area contributed by atoms with E-state index in [1.54, 1.807) is 12.1 Å². The van der Waals surface area contributed by atoms with Crippen LogP contribution in [0, 0.1) is 0 Å². The molecule has 36 heavy (non-hydrogen) atoms. The first-order valence-electron chi connectivity index (χ1n) is 12.4. The second-order valence-electron chi connectivity index (χ2n) is 9.50. The number of amides is 1. The summed E-state index contributed by atoms with van der Waals surface area (Å²) in [6.45, 7) is 2.22. The van der Waals surface area contributed by atoms with E-state index in [1.807, 2.05) is 66.7 Å². The molecular weight excluding hydrogens is 456 g/mol. The van der Waals surface area contributed by atoms with Crippen molar-refractivity contribution in [1.29, 1.82) is 0 Å². The van der Waals surface area contributed by atoms with Crippen molar-refractivity contribution < 1.29 is 24.5 Å². The Morgan fingerprint density at radius 3 is 2.50 bits per heavy atom. The van der Waals surface area contributed by atoms with Crippen LogP contribution in [0.25, 0.3) is 0 Å². The van der Waals surface area contributed by atoms with Crippen molar-refractivity contribution >= 4 is 11.6 Å². The lowest BCUT2D eigenvalue weighted by atomic mass is 9.99. The van der Waals surface area contributed by atoms with Crippen LogP contribution in [0.2, 0.25) is 0 Å². The summed E-state index contributed by atoms with van der Waals surface area (Å²) in [4.78, 5) is 14.9. The standard InChI is InChI=1S/C29H32N2O5/c32-19-20-9-11-21(12-10-20)27-16-26(18-31-14-13-25(33)17-31)35-29(36-27)23-7-4-8-24(15-23)30-28(34)22-5-2-1-3-6-22/h1-12,15,25-27,29,32-33H,13-14,16-19H2,(H,30,34)/t25-,26-,27+,29+/m0/s1. The number of anilines is 1. The summed E-state index contributed by atoms with van der Waals surface area (Å²) in [5, 5.41) is 22.3. The van der Waals surface area contributed by atoms with Crippen LogP contribution >= 0.6 is 0 Å². The second-order valence-corrected chi connectivity index (χ2v) is 9.50. The van der Waals surface area contributed by atoms with Crippen LogP contribution in [-0.4, -0.2) is 52.9 Å². The molecule has 0 radical (unpaired) electrons. The molecule has 0 bridgehead atoms. The van der Waals surface area contributed by atoms with Crippen LogP contribution < -0.4 is 5.32 Å². The molecule has 0 aliphatic carbocycles. The molecule has 0 unspecified atom stereocenters. The zero-order valence-electron chi connectivity index (χ0n) is 20.1. The van der Waals surface area contributed by atoms with Crippen LogP contribution in [0.5, 0.6) is 0 Å². The van der Waals surface area contributed by atoms with Gasteiger partial charge in [0.15, 0.2) is 6.29 Å². The maximum Gasteiger partial charge on any atom is 0.255 e. The first kappa shape index (κ1) is 24.6. The highest BCUT2D eigenvalue weighted by Gasteiger charge is 2.34. The molecule has 0 saturated carbocycles. The maximum absolute atomic E-state index is 12.6. The van der Waals surface area contributed by atoms with Gasteiger partial charge in [-0.1, -0.05) is 54.6 Å². The minimum Gasteiger partial charge on any atom is -0.392 e. The highest BCUT2D eigenvalue weighted by molar-refractivity contribution is 6.04. The van der Waals surface area contributed by atoms with Crippen molar-refractivity contribution in [2.75, 3.05) is 25.0 Å². The Hall–Kier alpha value is -3.07. The minimum atomic E-state index is -0.604. The summed E-state index contributed by atoms with van der Waals surface area (Å²) in [5.74, 6) is -0.175. The van der Waals surface area contributed by atoms with E-state index in [2.05, 4.69) is 10.2 Å². The number of nitrogens with zero attached hydrogens (tertiary/aromatic N) is 1. The predicted octanol–water partition coefficient (Wildman–Crippen LogP) is 4.04.